The van der Waals surface area contributed by atoms with Gasteiger partial charge in [-0.2, -0.15) is 14.7 Å². The zero-order chi connectivity index (χ0) is 15.1. The van der Waals surface area contributed by atoms with Crippen molar-refractivity contribution in [3.63, 3.8) is 0 Å². The highest BCUT2D eigenvalue weighted by Gasteiger charge is 2.17. The number of nitrogens with zero attached hydrogens (tertiary/aromatic N) is 8. The van der Waals surface area contributed by atoms with E-state index in [-0.39, 0.29) is 0 Å². The van der Waals surface area contributed by atoms with Crippen LogP contribution in [-0.4, -0.2) is 39.6 Å². The number of aryl methyl sites for hydroxylation is 2. The largest absolute Gasteiger partial charge is 0.262 e. The van der Waals surface area contributed by atoms with E-state index in [9.17, 15) is 0 Å². The lowest BCUT2D eigenvalue weighted by molar-refractivity contribution is 0.659. The third-order valence-electron chi connectivity index (χ3n) is 3.20. The van der Waals surface area contributed by atoms with E-state index in [1.165, 1.54) is 11.3 Å². The summed E-state index contributed by atoms with van der Waals surface area (Å²) in [6, 6.07) is 2.02. The number of rotatable bonds is 3. The summed E-state index contributed by atoms with van der Waals surface area (Å²) in [5.41, 5.74) is 2.60. The van der Waals surface area contributed by atoms with Crippen LogP contribution in [-0.2, 0) is 6.54 Å². The Kier molecular flexibility index (Phi) is 2.93. The van der Waals surface area contributed by atoms with Crippen LogP contribution in [0.3, 0.4) is 0 Å². The molecule has 0 saturated heterocycles. The molecule has 9 heteroatoms. The van der Waals surface area contributed by atoms with Crippen molar-refractivity contribution in [3.8, 4) is 22.2 Å². The predicted molar refractivity (Wildman–Crippen MR) is 81.3 cm³/mol. The summed E-state index contributed by atoms with van der Waals surface area (Å²) in [4.78, 5) is 9.03. The molecule has 0 spiro atoms. The Balaban J connectivity index is 1.87. The molecule has 0 fully saturated rings. The van der Waals surface area contributed by atoms with Crippen molar-refractivity contribution in [2.45, 2.75) is 20.4 Å². The second kappa shape index (κ2) is 4.95. The van der Waals surface area contributed by atoms with Gasteiger partial charge in [0.2, 0.25) is 10.8 Å². The molecule has 4 heterocycles. The fourth-order valence-corrected chi connectivity index (χ4v) is 3.11. The Morgan fingerprint density at radius 1 is 1.18 bits per heavy atom. The minimum atomic E-state index is 0.588. The van der Waals surface area contributed by atoms with E-state index in [1.807, 2.05) is 17.7 Å². The van der Waals surface area contributed by atoms with Gasteiger partial charge >= 0.3 is 0 Å². The van der Waals surface area contributed by atoms with Crippen LogP contribution in [0.25, 0.3) is 27.2 Å². The lowest BCUT2D eigenvalue weighted by Gasteiger charge is -1.99. The molecule has 4 aromatic rings. The Bertz CT molecular complexity index is 936. The average molecular weight is 312 g/mol. The van der Waals surface area contributed by atoms with Crippen LogP contribution >= 0.6 is 11.3 Å². The van der Waals surface area contributed by atoms with Crippen molar-refractivity contribution in [2.24, 2.45) is 0 Å². The number of aromatic nitrogens is 8. The highest BCUT2D eigenvalue weighted by molar-refractivity contribution is 7.19. The quantitative estimate of drug-likeness (QED) is 0.573. The van der Waals surface area contributed by atoms with Gasteiger partial charge in [-0.3, -0.25) is 9.67 Å². The summed E-state index contributed by atoms with van der Waals surface area (Å²) in [6.45, 7) is 4.82. The molecule has 4 rings (SSSR count). The van der Waals surface area contributed by atoms with E-state index in [0.29, 0.717) is 11.5 Å². The van der Waals surface area contributed by atoms with E-state index >= 15 is 0 Å². The molecule has 0 aliphatic heterocycles. The van der Waals surface area contributed by atoms with E-state index in [1.54, 1.807) is 23.1 Å². The molecule has 0 unspecified atom stereocenters. The Morgan fingerprint density at radius 2 is 2.09 bits per heavy atom. The van der Waals surface area contributed by atoms with Gasteiger partial charge in [0.15, 0.2) is 5.01 Å². The monoisotopic (exact) mass is 312 g/mol. The van der Waals surface area contributed by atoms with Gasteiger partial charge in [0.25, 0.3) is 0 Å². The molecule has 110 valence electrons. The summed E-state index contributed by atoms with van der Waals surface area (Å²) in [5, 5.41) is 18.3. The maximum absolute atomic E-state index is 4.62. The van der Waals surface area contributed by atoms with Gasteiger partial charge in [0.05, 0.1) is 17.6 Å². The van der Waals surface area contributed by atoms with Gasteiger partial charge in [0.1, 0.15) is 5.69 Å². The lowest BCUT2D eigenvalue weighted by atomic mass is 10.4. The van der Waals surface area contributed by atoms with Crippen LogP contribution in [0.4, 0.5) is 0 Å². The van der Waals surface area contributed by atoms with Gasteiger partial charge in [-0.05, 0) is 19.9 Å². The van der Waals surface area contributed by atoms with Crippen molar-refractivity contribution in [3.05, 3.63) is 30.4 Å². The van der Waals surface area contributed by atoms with Gasteiger partial charge in [0, 0.05) is 18.9 Å². The molecule has 0 amide bonds. The van der Waals surface area contributed by atoms with Crippen LogP contribution in [0.2, 0.25) is 0 Å². The van der Waals surface area contributed by atoms with Crippen LogP contribution in [0, 0.1) is 6.92 Å². The SMILES string of the molecule is CCn1nc(C)cc1-c1nn2c(-c3cnccn3)nnc2s1. The van der Waals surface area contributed by atoms with E-state index < -0.39 is 0 Å². The zero-order valence-corrected chi connectivity index (χ0v) is 12.8. The first-order valence-electron chi connectivity index (χ1n) is 6.79. The van der Waals surface area contributed by atoms with Gasteiger partial charge in [-0.25, -0.2) is 4.98 Å². The third kappa shape index (κ3) is 1.98. The number of hydrogen-bond acceptors (Lipinski definition) is 7. The molecule has 4 aromatic heterocycles. The summed E-state index contributed by atoms with van der Waals surface area (Å²) in [5.74, 6) is 0.588. The van der Waals surface area contributed by atoms with Crippen molar-refractivity contribution < 1.29 is 0 Å². The van der Waals surface area contributed by atoms with Crippen molar-refractivity contribution in [1.29, 1.82) is 0 Å². The molecule has 0 aliphatic carbocycles. The van der Waals surface area contributed by atoms with Crippen molar-refractivity contribution >= 4 is 16.3 Å². The fourth-order valence-electron chi connectivity index (χ4n) is 2.25. The fraction of sp³-hybridized carbons (Fsp3) is 0.231. The van der Waals surface area contributed by atoms with Crippen LogP contribution < -0.4 is 0 Å². The van der Waals surface area contributed by atoms with Gasteiger partial charge in [-0.1, -0.05) is 11.3 Å². The van der Waals surface area contributed by atoms with Crippen molar-refractivity contribution in [1.82, 2.24) is 39.6 Å². The summed E-state index contributed by atoms with van der Waals surface area (Å²) >= 11 is 1.48. The summed E-state index contributed by atoms with van der Waals surface area (Å²) < 4.78 is 3.63. The van der Waals surface area contributed by atoms with Crippen LogP contribution in [0.15, 0.2) is 24.7 Å². The molecule has 0 atom stereocenters. The van der Waals surface area contributed by atoms with Gasteiger partial charge in [-0.15, -0.1) is 10.2 Å². The first kappa shape index (κ1) is 13.0. The average Bonchev–Trinajstić information content (AvgIpc) is 3.20. The normalized spacial score (nSPS) is 11.4. The molecule has 0 aliphatic rings. The number of hydrogen-bond donors (Lipinski definition) is 0. The first-order valence-corrected chi connectivity index (χ1v) is 7.61. The number of fused-ring (bicyclic) bond motifs is 1. The summed E-state index contributed by atoms with van der Waals surface area (Å²) in [6.07, 6.45) is 4.89. The van der Waals surface area contributed by atoms with Crippen LogP contribution in [0.1, 0.15) is 12.6 Å². The Morgan fingerprint density at radius 3 is 2.86 bits per heavy atom. The van der Waals surface area contributed by atoms with E-state index in [0.717, 1.165) is 27.9 Å². The first-order chi connectivity index (χ1) is 10.8. The molecule has 0 bridgehead atoms. The van der Waals surface area contributed by atoms with E-state index in [4.69, 9.17) is 0 Å². The molecular formula is C13H12N8S. The molecule has 0 N–H and O–H groups in total. The maximum atomic E-state index is 4.62. The second-order valence-electron chi connectivity index (χ2n) is 4.70. The van der Waals surface area contributed by atoms with E-state index in [2.05, 4.69) is 37.3 Å². The zero-order valence-electron chi connectivity index (χ0n) is 12.0. The van der Waals surface area contributed by atoms with Crippen molar-refractivity contribution in [2.75, 3.05) is 0 Å². The molecule has 8 nitrogen and oxygen atoms in total. The van der Waals surface area contributed by atoms with Gasteiger partial charge < -0.3 is 0 Å². The van der Waals surface area contributed by atoms with Crippen LogP contribution in [0.5, 0.6) is 0 Å². The third-order valence-corrected chi connectivity index (χ3v) is 4.13. The minimum Gasteiger partial charge on any atom is -0.262 e. The molecule has 22 heavy (non-hydrogen) atoms. The highest BCUT2D eigenvalue weighted by Crippen LogP contribution is 2.27. The smallest absolute Gasteiger partial charge is 0.235 e. The lowest BCUT2D eigenvalue weighted by Crippen LogP contribution is -2.00. The Hall–Kier alpha value is -2.68. The maximum Gasteiger partial charge on any atom is 0.235 e. The molecule has 0 saturated carbocycles. The summed E-state index contributed by atoms with van der Waals surface area (Å²) in [7, 11) is 0. The highest BCUT2D eigenvalue weighted by atomic mass is 32.1. The predicted octanol–water partition coefficient (Wildman–Crippen LogP) is 1.83. The molecule has 0 radical (unpaired) electrons. The molecule has 0 aromatic carbocycles. The topological polar surface area (TPSA) is 86.7 Å². The molecular weight excluding hydrogens is 300 g/mol. The second-order valence-corrected chi connectivity index (χ2v) is 5.66. The standard InChI is InChI=1S/C13H12N8S/c1-3-20-10(6-8(2)18-20)12-19-21-11(16-17-13(21)22-12)9-7-14-4-5-15-9/h4-7H,3H2,1-2H3. The minimum absolute atomic E-state index is 0.588. The Labute approximate surface area is 129 Å².